The first-order valence-electron chi connectivity index (χ1n) is 12.0. The molecule has 0 saturated carbocycles. The second-order valence-electron chi connectivity index (χ2n) is 8.63. The number of carbonyl (C=O) groups excluding carboxylic acids is 1. The maximum absolute atomic E-state index is 12.6. The molecule has 5 rings (SSSR count). The highest BCUT2D eigenvalue weighted by atomic mass is 32.2. The Hall–Kier alpha value is -4.05. The smallest absolute Gasteiger partial charge is 0.250 e. The van der Waals surface area contributed by atoms with Gasteiger partial charge >= 0.3 is 0 Å². The fourth-order valence-electron chi connectivity index (χ4n) is 4.62. The molecule has 3 heterocycles. The Morgan fingerprint density at radius 1 is 1.24 bits per heavy atom. The van der Waals surface area contributed by atoms with Gasteiger partial charge in [-0.15, -0.1) is 0 Å². The topological polar surface area (TPSA) is 108 Å². The number of para-hydroxylation sites is 1. The Kier molecular flexibility index (Phi) is 7.00. The molecule has 0 aliphatic carbocycles. The Labute approximate surface area is 219 Å². The zero-order valence-corrected chi connectivity index (χ0v) is 21.6. The van der Waals surface area contributed by atoms with Crippen molar-refractivity contribution in [3.63, 3.8) is 0 Å². The lowest BCUT2D eigenvalue weighted by Crippen LogP contribution is -2.40. The highest BCUT2D eigenvalue weighted by Crippen LogP contribution is 2.38. The third kappa shape index (κ3) is 4.72. The standard InChI is InChI=1S/C27H28N6O3S/c1-4-23(34)32-14-17(12-18-8-6-7-9-20(18)32)15-37-33-27-24(26(28)29-16-30-27)25(31-33)19-10-11-21(36-5-2)22(13-19)35-3/h4,6-11,13,16-17H,1,5,12,14-15H2,2-3H3,(H2,28,29,30). The summed E-state index contributed by atoms with van der Waals surface area (Å²) in [5, 5.41) is 5.55. The van der Waals surface area contributed by atoms with Crippen LogP contribution in [0.15, 0.2) is 61.4 Å². The van der Waals surface area contributed by atoms with E-state index in [0.717, 1.165) is 29.0 Å². The molecule has 2 N–H and O–H groups in total. The fraction of sp³-hybridized carbons (Fsp3) is 0.259. The first-order chi connectivity index (χ1) is 18.0. The number of nitrogens with two attached hydrogens (primary N) is 1. The van der Waals surface area contributed by atoms with Crippen LogP contribution in [0.25, 0.3) is 22.3 Å². The molecule has 37 heavy (non-hydrogen) atoms. The SMILES string of the molecule is C=CC(=O)N1CC(CSn2nc(-c3ccc(OCC)c(OC)c3)c3c(N)ncnc32)Cc2ccccc21. The van der Waals surface area contributed by atoms with Crippen LogP contribution in [-0.2, 0) is 11.2 Å². The molecule has 0 saturated heterocycles. The number of aromatic nitrogens is 4. The summed E-state index contributed by atoms with van der Waals surface area (Å²) in [7, 11) is 1.61. The van der Waals surface area contributed by atoms with E-state index in [-0.39, 0.29) is 11.8 Å². The number of fused-ring (bicyclic) bond motifs is 2. The summed E-state index contributed by atoms with van der Waals surface area (Å²) < 4.78 is 13.0. The van der Waals surface area contributed by atoms with E-state index in [4.69, 9.17) is 20.3 Å². The molecule has 0 spiro atoms. The molecule has 190 valence electrons. The zero-order valence-electron chi connectivity index (χ0n) is 20.8. The number of benzene rings is 2. The van der Waals surface area contributed by atoms with Crippen molar-refractivity contribution in [3.05, 3.63) is 67.0 Å². The van der Waals surface area contributed by atoms with Gasteiger partial charge in [-0.2, -0.15) is 9.19 Å². The van der Waals surface area contributed by atoms with Gasteiger partial charge in [0.25, 0.3) is 0 Å². The number of hydrogen-bond donors (Lipinski definition) is 1. The van der Waals surface area contributed by atoms with Crippen LogP contribution in [0.4, 0.5) is 11.5 Å². The number of nitrogens with zero attached hydrogens (tertiary/aromatic N) is 5. The van der Waals surface area contributed by atoms with E-state index in [2.05, 4.69) is 22.6 Å². The molecule has 10 heteroatoms. The summed E-state index contributed by atoms with van der Waals surface area (Å²) in [5.74, 6) is 2.47. The molecule has 1 atom stereocenters. The normalized spacial score (nSPS) is 14.9. The largest absolute Gasteiger partial charge is 0.493 e. The number of methoxy groups -OCH3 is 1. The summed E-state index contributed by atoms with van der Waals surface area (Å²) in [6.45, 7) is 6.74. The van der Waals surface area contributed by atoms with Crippen molar-refractivity contribution >= 4 is 40.4 Å². The van der Waals surface area contributed by atoms with E-state index >= 15 is 0 Å². The van der Waals surface area contributed by atoms with Gasteiger partial charge in [0.2, 0.25) is 5.91 Å². The van der Waals surface area contributed by atoms with Gasteiger partial charge in [-0.3, -0.25) is 4.79 Å². The third-order valence-electron chi connectivity index (χ3n) is 6.31. The lowest BCUT2D eigenvalue weighted by atomic mass is 9.93. The Morgan fingerprint density at radius 2 is 2.08 bits per heavy atom. The lowest BCUT2D eigenvalue weighted by molar-refractivity contribution is -0.114. The molecule has 1 aliphatic heterocycles. The second kappa shape index (κ2) is 10.5. The van der Waals surface area contributed by atoms with E-state index in [1.165, 1.54) is 24.4 Å². The highest BCUT2D eigenvalue weighted by Gasteiger charge is 2.28. The maximum Gasteiger partial charge on any atom is 0.250 e. The molecule has 0 fully saturated rings. The third-order valence-corrected chi connectivity index (χ3v) is 7.43. The zero-order chi connectivity index (χ0) is 25.9. The molecule has 1 unspecified atom stereocenters. The molecule has 0 radical (unpaired) electrons. The van der Waals surface area contributed by atoms with Gasteiger partial charge in [-0.05, 0) is 67.1 Å². The minimum absolute atomic E-state index is 0.0982. The number of amides is 1. The fourth-order valence-corrected chi connectivity index (χ4v) is 5.59. The van der Waals surface area contributed by atoms with Crippen molar-refractivity contribution in [1.82, 2.24) is 19.2 Å². The molecule has 0 bridgehead atoms. The summed E-state index contributed by atoms with van der Waals surface area (Å²) in [4.78, 5) is 23.1. The minimum atomic E-state index is -0.0982. The van der Waals surface area contributed by atoms with Crippen molar-refractivity contribution < 1.29 is 14.3 Å². The molecule has 1 aliphatic rings. The molecule has 2 aromatic carbocycles. The van der Waals surface area contributed by atoms with Gasteiger partial charge in [0.1, 0.15) is 17.8 Å². The average molecular weight is 517 g/mol. The van der Waals surface area contributed by atoms with E-state index in [1.807, 2.05) is 43.3 Å². The molecule has 1 amide bonds. The summed E-state index contributed by atoms with van der Waals surface area (Å²) in [6, 6.07) is 13.7. The minimum Gasteiger partial charge on any atom is -0.493 e. The van der Waals surface area contributed by atoms with E-state index in [1.54, 1.807) is 16.1 Å². The van der Waals surface area contributed by atoms with Crippen LogP contribution < -0.4 is 20.1 Å². The van der Waals surface area contributed by atoms with Gasteiger partial charge in [0.15, 0.2) is 17.1 Å². The van der Waals surface area contributed by atoms with Crippen LogP contribution in [0.1, 0.15) is 12.5 Å². The predicted octanol–water partition coefficient (Wildman–Crippen LogP) is 4.37. The van der Waals surface area contributed by atoms with Crippen LogP contribution in [0.5, 0.6) is 11.5 Å². The second-order valence-corrected chi connectivity index (χ2v) is 9.56. The van der Waals surface area contributed by atoms with Gasteiger partial charge in [-0.25, -0.2) is 9.97 Å². The van der Waals surface area contributed by atoms with Crippen LogP contribution >= 0.6 is 11.9 Å². The highest BCUT2D eigenvalue weighted by molar-refractivity contribution is 7.97. The van der Waals surface area contributed by atoms with Crippen LogP contribution in [0.2, 0.25) is 0 Å². The van der Waals surface area contributed by atoms with Crippen LogP contribution in [-0.4, -0.2) is 51.1 Å². The first-order valence-corrected chi connectivity index (χ1v) is 12.9. The molecule has 9 nitrogen and oxygen atoms in total. The van der Waals surface area contributed by atoms with Crippen LogP contribution in [0.3, 0.4) is 0 Å². The van der Waals surface area contributed by atoms with E-state index in [0.29, 0.717) is 47.2 Å². The Balaban J connectivity index is 1.46. The van der Waals surface area contributed by atoms with E-state index in [9.17, 15) is 4.79 Å². The first kappa shape index (κ1) is 24.6. The van der Waals surface area contributed by atoms with Gasteiger partial charge in [0, 0.05) is 23.5 Å². The Bertz CT molecular complexity index is 1470. The number of nitrogen functional groups attached to an aromatic ring is 1. The number of carbonyl (C=O) groups is 1. The molecular weight excluding hydrogens is 488 g/mol. The van der Waals surface area contributed by atoms with Crippen molar-refractivity contribution in [2.75, 3.05) is 36.6 Å². The lowest BCUT2D eigenvalue weighted by Gasteiger charge is -2.33. The monoisotopic (exact) mass is 516 g/mol. The number of rotatable bonds is 8. The summed E-state index contributed by atoms with van der Waals surface area (Å²) >= 11 is 1.54. The quantitative estimate of drug-likeness (QED) is 0.344. The van der Waals surface area contributed by atoms with E-state index < -0.39 is 0 Å². The summed E-state index contributed by atoms with van der Waals surface area (Å²) in [5.41, 5.74) is 10.5. The van der Waals surface area contributed by atoms with Crippen LogP contribution in [0, 0.1) is 5.92 Å². The van der Waals surface area contributed by atoms with Crippen molar-refractivity contribution in [2.24, 2.45) is 5.92 Å². The predicted molar refractivity (Wildman–Crippen MR) is 147 cm³/mol. The molecule has 2 aromatic heterocycles. The number of ether oxygens (including phenoxy) is 2. The number of hydrogen-bond acceptors (Lipinski definition) is 8. The molecule has 4 aromatic rings. The average Bonchev–Trinajstić information content (AvgIpc) is 3.31. The maximum atomic E-state index is 12.6. The van der Waals surface area contributed by atoms with Crippen molar-refractivity contribution in [1.29, 1.82) is 0 Å². The Morgan fingerprint density at radius 3 is 2.86 bits per heavy atom. The molecular formula is C27H28N6O3S. The number of anilines is 2. The van der Waals surface area contributed by atoms with Gasteiger partial charge in [-0.1, -0.05) is 24.8 Å². The van der Waals surface area contributed by atoms with Crippen molar-refractivity contribution in [3.8, 4) is 22.8 Å². The van der Waals surface area contributed by atoms with Crippen molar-refractivity contribution in [2.45, 2.75) is 13.3 Å². The van der Waals surface area contributed by atoms with Gasteiger partial charge < -0.3 is 20.1 Å². The summed E-state index contributed by atoms with van der Waals surface area (Å²) in [6.07, 6.45) is 3.67. The van der Waals surface area contributed by atoms with Gasteiger partial charge in [0.05, 0.1) is 19.1 Å².